The average Bonchev–Trinajstić information content (AvgIpc) is 2.26. The van der Waals surface area contributed by atoms with Gasteiger partial charge in [-0.2, -0.15) is 0 Å². The molecule has 1 heteroatoms. The van der Waals surface area contributed by atoms with Crippen LogP contribution in [-0.2, 0) is 4.79 Å². The van der Waals surface area contributed by atoms with E-state index in [1.165, 1.54) is 44.9 Å². The quantitative estimate of drug-likeness (QED) is 0.448. The van der Waals surface area contributed by atoms with Gasteiger partial charge in [0.05, 0.1) is 0 Å². The van der Waals surface area contributed by atoms with Crippen LogP contribution < -0.4 is 0 Å². The number of hydrogen-bond acceptors (Lipinski definition) is 1. The van der Waals surface area contributed by atoms with Gasteiger partial charge >= 0.3 is 0 Å². The van der Waals surface area contributed by atoms with E-state index in [4.69, 9.17) is 0 Å². The predicted octanol–water partition coefficient (Wildman–Crippen LogP) is 6.01. The molecule has 0 saturated heterocycles. The fourth-order valence-electron chi connectivity index (χ4n) is 2.85. The van der Waals surface area contributed by atoms with Crippen LogP contribution >= 0.6 is 0 Å². The molecule has 0 aliphatic rings. The summed E-state index contributed by atoms with van der Waals surface area (Å²) in [6, 6.07) is 0. The normalized spacial score (nSPS) is 15.3. The fraction of sp³-hybridized carbons (Fsp3) is 0.944. The summed E-state index contributed by atoms with van der Waals surface area (Å²) in [6.45, 7) is 13.2. The molecule has 0 amide bonds. The second-order valence-corrected chi connectivity index (χ2v) is 7.48. The van der Waals surface area contributed by atoms with Crippen molar-refractivity contribution in [1.82, 2.24) is 0 Å². The molecule has 0 aromatic carbocycles. The Balaban J connectivity index is 3.67. The van der Waals surface area contributed by atoms with Crippen molar-refractivity contribution in [3.63, 3.8) is 0 Å². The van der Waals surface area contributed by atoms with Crippen LogP contribution in [0.4, 0.5) is 0 Å². The first kappa shape index (κ1) is 18.7. The summed E-state index contributed by atoms with van der Waals surface area (Å²) in [4.78, 5) is 11.2. The summed E-state index contributed by atoms with van der Waals surface area (Å²) in [7, 11) is 0. The lowest BCUT2D eigenvalue weighted by atomic mass is 9.81. The minimum absolute atomic E-state index is 0.197. The number of ketones is 1. The largest absolute Gasteiger partial charge is 0.300 e. The Labute approximate surface area is 121 Å². The van der Waals surface area contributed by atoms with Crippen LogP contribution in [0.3, 0.4) is 0 Å². The minimum Gasteiger partial charge on any atom is -0.300 e. The highest BCUT2D eigenvalue weighted by molar-refractivity contribution is 5.76. The van der Waals surface area contributed by atoms with E-state index in [9.17, 15) is 4.79 Å². The zero-order chi connectivity index (χ0) is 14.9. The second kappa shape index (κ2) is 9.55. The molecule has 0 aliphatic carbocycles. The molecule has 0 fully saturated rings. The van der Waals surface area contributed by atoms with Crippen molar-refractivity contribution in [2.24, 2.45) is 17.3 Å². The Morgan fingerprint density at radius 1 is 1.00 bits per heavy atom. The van der Waals surface area contributed by atoms with E-state index >= 15 is 0 Å². The molecule has 0 N–H and O–H groups in total. The van der Waals surface area contributed by atoms with Gasteiger partial charge in [-0.3, -0.25) is 0 Å². The summed E-state index contributed by atoms with van der Waals surface area (Å²) in [5, 5.41) is 0. The minimum atomic E-state index is 0.197. The van der Waals surface area contributed by atoms with E-state index in [0.29, 0.717) is 5.78 Å². The van der Waals surface area contributed by atoms with Gasteiger partial charge < -0.3 is 4.79 Å². The first-order valence-corrected chi connectivity index (χ1v) is 8.26. The molecule has 114 valence electrons. The van der Waals surface area contributed by atoms with Crippen molar-refractivity contribution >= 4 is 5.78 Å². The van der Waals surface area contributed by atoms with Gasteiger partial charge in [-0.05, 0) is 30.6 Å². The molecule has 0 spiro atoms. The van der Waals surface area contributed by atoms with Gasteiger partial charge in [-0.1, -0.05) is 73.1 Å². The lowest BCUT2D eigenvalue weighted by Gasteiger charge is -2.24. The number of carbonyl (C=O) groups is 1. The third kappa shape index (κ3) is 11.2. The maximum Gasteiger partial charge on any atom is 0.130 e. The Morgan fingerprint density at radius 3 is 2.05 bits per heavy atom. The highest BCUT2D eigenvalue weighted by Crippen LogP contribution is 2.29. The lowest BCUT2D eigenvalue weighted by molar-refractivity contribution is -0.118. The molecule has 0 rings (SSSR count). The maximum atomic E-state index is 11.2. The van der Waals surface area contributed by atoms with Crippen molar-refractivity contribution in [2.75, 3.05) is 0 Å². The molecule has 0 radical (unpaired) electrons. The highest BCUT2D eigenvalue weighted by atomic mass is 16.1. The van der Waals surface area contributed by atoms with E-state index in [-0.39, 0.29) is 5.41 Å². The Hall–Kier alpha value is -0.330. The number of Topliss-reactive ketones (excluding diaryl/α,β-unsaturated/α-hetero) is 1. The second-order valence-electron chi connectivity index (χ2n) is 7.48. The van der Waals surface area contributed by atoms with Crippen LogP contribution in [0, 0.1) is 17.3 Å². The fourth-order valence-corrected chi connectivity index (χ4v) is 2.85. The van der Waals surface area contributed by atoms with E-state index < -0.39 is 0 Å². The van der Waals surface area contributed by atoms with Crippen molar-refractivity contribution in [3.05, 3.63) is 0 Å². The first-order chi connectivity index (χ1) is 8.76. The number of carbonyl (C=O) groups excluding carboxylic acids is 1. The molecule has 0 aromatic rings. The highest BCUT2D eigenvalue weighted by Gasteiger charge is 2.19. The molecule has 0 aliphatic heterocycles. The third-order valence-corrected chi connectivity index (χ3v) is 4.37. The first-order valence-electron chi connectivity index (χ1n) is 8.26. The van der Waals surface area contributed by atoms with Crippen molar-refractivity contribution < 1.29 is 4.79 Å². The number of hydrogen-bond donors (Lipinski definition) is 0. The van der Waals surface area contributed by atoms with Gasteiger partial charge in [0, 0.05) is 6.42 Å². The Kier molecular flexibility index (Phi) is 9.39. The van der Waals surface area contributed by atoms with Gasteiger partial charge in [-0.15, -0.1) is 0 Å². The van der Waals surface area contributed by atoms with Gasteiger partial charge in [-0.25, -0.2) is 0 Å². The monoisotopic (exact) mass is 268 g/mol. The average molecular weight is 268 g/mol. The predicted molar refractivity (Wildman–Crippen MR) is 85.4 cm³/mol. The van der Waals surface area contributed by atoms with E-state index in [1.807, 2.05) is 0 Å². The summed E-state index contributed by atoms with van der Waals surface area (Å²) in [6.07, 6.45) is 9.96. The van der Waals surface area contributed by atoms with E-state index in [2.05, 4.69) is 34.6 Å². The molecule has 0 aromatic heterocycles. The smallest absolute Gasteiger partial charge is 0.130 e. The molecule has 0 saturated carbocycles. The number of rotatable bonds is 11. The molecule has 1 nitrogen and oxygen atoms in total. The summed E-state index contributed by atoms with van der Waals surface area (Å²) < 4.78 is 0. The SMILES string of the molecule is CCC(C)CCCC(C)CCCC(C)(C)CC(C)=O. The molecular formula is C18H36O. The van der Waals surface area contributed by atoms with Crippen LogP contribution in [0.2, 0.25) is 0 Å². The van der Waals surface area contributed by atoms with Crippen molar-refractivity contribution in [2.45, 2.75) is 92.9 Å². The van der Waals surface area contributed by atoms with Crippen LogP contribution in [0.15, 0.2) is 0 Å². The summed E-state index contributed by atoms with van der Waals surface area (Å²) in [5.41, 5.74) is 0.197. The zero-order valence-electron chi connectivity index (χ0n) is 14.2. The van der Waals surface area contributed by atoms with Crippen LogP contribution in [0.5, 0.6) is 0 Å². The van der Waals surface area contributed by atoms with Gasteiger partial charge in [0.1, 0.15) is 5.78 Å². The van der Waals surface area contributed by atoms with E-state index in [0.717, 1.165) is 18.3 Å². The van der Waals surface area contributed by atoms with Crippen molar-refractivity contribution in [3.8, 4) is 0 Å². The zero-order valence-corrected chi connectivity index (χ0v) is 14.2. The van der Waals surface area contributed by atoms with Gasteiger partial charge in [0.15, 0.2) is 0 Å². The summed E-state index contributed by atoms with van der Waals surface area (Å²) in [5.74, 6) is 2.06. The molecule has 19 heavy (non-hydrogen) atoms. The van der Waals surface area contributed by atoms with Crippen LogP contribution in [0.1, 0.15) is 92.9 Å². The van der Waals surface area contributed by atoms with Gasteiger partial charge in [0.25, 0.3) is 0 Å². The molecule has 2 unspecified atom stereocenters. The molecular weight excluding hydrogens is 232 g/mol. The topological polar surface area (TPSA) is 17.1 Å². The standard InChI is InChI=1S/C18H36O/c1-7-15(2)10-8-11-16(3)12-9-13-18(5,6)14-17(4)19/h15-16H,7-14H2,1-6H3. The van der Waals surface area contributed by atoms with Crippen molar-refractivity contribution in [1.29, 1.82) is 0 Å². The Morgan fingerprint density at radius 2 is 1.53 bits per heavy atom. The molecule has 0 heterocycles. The van der Waals surface area contributed by atoms with Crippen LogP contribution in [0.25, 0.3) is 0 Å². The maximum absolute atomic E-state index is 11.2. The van der Waals surface area contributed by atoms with Gasteiger partial charge in [0.2, 0.25) is 0 Å². The molecule has 0 bridgehead atoms. The third-order valence-electron chi connectivity index (χ3n) is 4.37. The summed E-state index contributed by atoms with van der Waals surface area (Å²) >= 11 is 0. The van der Waals surface area contributed by atoms with Crippen LogP contribution in [-0.4, -0.2) is 5.78 Å². The Bertz CT molecular complexity index is 242. The van der Waals surface area contributed by atoms with E-state index in [1.54, 1.807) is 6.92 Å². The molecule has 2 atom stereocenters. The lowest BCUT2D eigenvalue weighted by Crippen LogP contribution is -2.15.